The second-order valence-electron chi connectivity index (χ2n) is 7.50. The molecule has 0 aliphatic rings. The van der Waals surface area contributed by atoms with E-state index in [-0.39, 0.29) is 11.6 Å². The summed E-state index contributed by atoms with van der Waals surface area (Å²) in [5, 5.41) is 7.46. The van der Waals surface area contributed by atoms with Crippen LogP contribution in [-0.2, 0) is 18.3 Å². The molecule has 0 atom stereocenters. The molecule has 1 amide bonds. The van der Waals surface area contributed by atoms with E-state index in [0.717, 1.165) is 12.1 Å². The summed E-state index contributed by atoms with van der Waals surface area (Å²) in [5.74, 6) is 0. The highest BCUT2D eigenvalue weighted by Crippen LogP contribution is 2.17. The minimum atomic E-state index is -0.482. The van der Waals surface area contributed by atoms with Crippen LogP contribution in [0.25, 0.3) is 0 Å². The van der Waals surface area contributed by atoms with E-state index in [1.807, 2.05) is 61.0 Å². The molecule has 0 aliphatic carbocycles. The second kappa shape index (κ2) is 7.13. The zero-order chi connectivity index (χ0) is 17.0. The monoisotopic (exact) mass is 310 g/mol. The molecule has 1 heterocycles. The third-order valence-corrected chi connectivity index (χ3v) is 3.02. The van der Waals surface area contributed by atoms with Crippen molar-refractivity contribution in [2.75, 3.05) is 13.1 Å². The number of hydrogen-bond donors (Lipinski definition) is 1. The van der Waals surface area contributed by atoms with Gasteiger partial charge in [0.15, 0.2) is 0 Å². The third kappa shape index (κ3) is 6.47. The summed E-state index contributed by atoms with van der Waals surface area (Å²) in [7, 11) is 1.90. The number of carbonyl (C=O) groups excluding carboxylic acids is 1. The van der Waals surface area contributed by atoms with Crippen molar-refractivity contribution in [1.29, 1.82) is 0 Å². The first-order valence-electron chi connectivity index (χ1n) is 7.68. The Balaban J connectivity index is 2.50. The van der Waals surface area contributed by atoms with Gasteiger partial charge < -0.3 is 15.0 Å². The highest BCUT2D eigenvalue weighted by molar-refractivity contribution is 5.69. The average molecular weight is 310 g/mol. The standard InChI is InChI=1S/C16H30N4O2/c1-15(2,3)20(14(21)22-16(4,5)6)9-8-17-10-13-11-18-19(7)12-13/h11-12,17H,8-10H2,1-7H3. The van der Waals surface area contributed by atoms with Crippen LogP contribution in [0.4, 0.5) is 4.79 Å². The quantitative estimate of drug-likeness (QED) is 0.849. The number of hydrogen-bond acceptors (Lipinski definition) is 4. The lowest BCUT2D eigenvalue weighted by Gasteiger charge is -2.36. The van der Waals surface area contributed by atoms with Gasteiger partial charge in [-0.05, 0) is 41.5 Å². The first-order chi connectivity index (χ1) is 9.99. The number of ether oxygens (including phenoxy) is 1. The van der Waals surface area contributed by atoms with Crippen LogP contribution in [-0.4, -0.2) is 45.0 Å². The molecule has 0 unspecified atom stereocenters. The van der Waals surface area contributed by atoms with Crippen molar-refractivity contribution in [3.05, 3.63) is 18.0 Å². The van der Waals surface area contributed by atoms with Gasteiger partial charge in [-0.2, -0.15) is 5.10 Å². The molecule has 1 N–H and O–H groups in total. The van der Waals surface area contributed by atoms with Gasteiger partial charge in [0.05, 0.1) is 6.20 Å². The maximum Gasteiger partial charge on any atom is 0.410 e. The number of aryl methyl sites for hydroxylation is 1. The first kappa shape index (κ1) is 18.5. The van der Waals surface area contributed by atoms with Crippen molar-refractivity contribution in [2.45, 2.75) is 59.2 Å². The third-order valence-electron chi connectivity index (χ3n) is 3.02. The molecule has 22 heavy (non-hydrogen) atoms. The molecule has 0 saturated heterocycles. The van der Waals surface area contributed by atoms with Gasteiger partial charge >= 0.3 is 6.09 Å². The Morgan fingerprint density at radius 2 is 1.95 bits per heavy atom. The number of carbonyl (C=O) groups is 1. The van der Waals surface area contributed by atoms with Gasteiger partial charge in [0, 0.05) is 44.0 Å². The van der Waals surface area contributed by atoms with Gasteiger partial charge in [0.25, 0.3) is 0 Å². The smallest absolute Gasteiger partial charge is 0.410 e. The Morgan fingerprint density at radius 1 is 1.32 bits per heavy atom. The Hall–Kier alpha value is -1.56. The van der Waals surface area contributed by atoms with Crippen LogP contribution in [0.3, 0.4) is 0 Å². The summed E-state index contributed by atoms with van der Waals surface area (Å²) in [5.41, 5.74) is 0.365. The molecule has 0 radical (unpaired) electrons. The van der Waals surface area contributed by atoms with Crippen LogP contribution in [0.2, 0.25) is 0 Å². The van der Waals surface area contributed by atoms with Gasteiger partial charge in [0.1, 0.15) is 5.60 Å². The van der Waals surface area contributed by atoms with Gasteiger partial charge in [-0.15, -0.1) is 0 Å². The second-order valence-corrected chi connectivity index (χ2v) is 7.50. The molecule has 0 aromatic carbocycles. The van der Waals surface area contributed by atoms with Crippen LogP contribution in [0.1, 0.15) is 47.1 Å². The van der Waals surface area contributed by atoms with Crippen molar-refractivity contribution >= 4 is 6.09 Å². The predicted molar refractivity (Wildman–Crippen MR) is 87.6 cm³/mol. The van der Waals surface area contributed by atoms with Crippen LogP contribution < -0.4 is 5.32 Å². The van der Waals surface area contributed by atoms with Crippen LogP contribution >= 0.6 is 0 Å². The van der Waals surface area contributed by atoms with E-state index < -0.39 is 5.60 Å². The minimum absolute atomic E-state index is 0.275. The normalized spacial score (nSPS) is 12.3. The van der Waals surface area contributed by atoms with Crippen LogP contribution in [0.5, 0.6) is 0 Å². The number of nitrogens with one attached hydrogen (secondary N) is 1. The van der Waals surface area contributed by atoms with Crippen LogP contribution in [0, 0.1) is 0 Å². The summed E-state index contributed by atoms with van der Waals surface area (Å²) in [6.07, 6.45) is 3.54. The van der Waals surface area contributed by atoms with E-state index in [1.54, 1.807) is 9.58 Å². The topological polar surface area (TPSA) is 59.4 Å². The molecule has 1 aromatic heterocycles. The van der Waals surface area contributed by atoms with E-state index in [2.05, 4.69) is 10.4 Å². The fraction of sp³-hybridized carbons (Fsp3) is 0.750. The molecule has 6 heteroatoms. The highest BCUT2D eigenvalue weighted by Gasteiger charge is 2.30. The van der Waals surface area contributed by atoms with Gasteiger partial charge in [0.2, 0.25) is 0 Å². The molecule has 0 fully saturated rings. The summed E-state index contributed by atoms with van der Waals surface area (Å²) in [6, 6.07) is 0. The summed E-state index contributed by atoms with van der Waals surface area (Å²) >= 11 is 0. The van der Waals surface area contributed by atoms with E-state index in [1.165, 1.54) is 0 Å². The molecule has 0 aliphatic heterocycles. The first-order valence-corrected chi connectivity index (χ1v) is 7.68. The van der Waals surface area contributed by atoms with Crippen molar-refractivity contribution in [1.82, 2.24) is 20.0 Å². The SMILES string of the molecule is Cn1cc(CNCCN(C(=O)OC(C)(C)C)C(C)(C)C)cn1. The predicted octanol–water partition coefficient (Wildman–Crippen LogP) is 2.55. The fourth-order valence-corrected chi connectivity index (χ4v) is 2.00. The van der Waals surface area contributed by atoms with E-state index in [4.69, 9.17) is 4.74 Å². The summed E-state index contributed by atoms with van der Waals surface area (Å²) < 4.78 is 7.27. The maximum atomic E-state index is 12.3. The van der Waals surface area contributed by atoms with E-state index in [9.17, 15) is 4.79 Å². The number of aromatic nitrogens is 2. The Bertz CT molecular complexity index is 483. The molecule has 0 bridgehead atoms. The van der Waals surface area contributed by atoms with Gasteiger partial charge in [-0.3, -0.25) is 4.68 Å². The zero-order valence-corrected chi connectivity index (χ0v) is 14.9. The molecule has 1 rings (SSSR count). The molecule has 0 spiro atoms. The Morgan fingerprint density at radius 3 is 2.41 bits per heavy atom. The van der Waals surface area contributed by atoms with Gasteiger partial charge in [-0.1, -0.05) is 0 Å². The molecule has 126 valence electrons. The highest BCUT2D eigenvalue weighted by atomic mass is 16.6. The number of rotatable bonds is 5. The fourth-order valence-electron chi connectivity index (χ4n) is 2.00. The maximum absolute atomic E-state index is 12.3. The molecular formula is C16H30N4O2. The lowest BCUT2D eigenvalue weighted by Crippen LogP contribution is -2.50. The van der Waals surface area contributed by atoms with E-state index in [0.29, 0.717) is 13.1 Å². The Labute approximate surface area is 133 Å². The molecule has 0 saturated carbocycles. The number of nitrogens with zero attached hydrogens (tertiary/aromatic N) is 3. The largest absolute Gasteiger partial charge is 0.444 e. The minimum Gasteiger partial charge on any atom is -0.444 e. The van der Waals surface area contributed by atoms with Crippen molar-refractivity contribution < 1.29 is 9.53 Å². The lowest BCUT2D eigenvalue weighted by atomic mass is 10.1. The van der Waals surface area contributed by atoms with Crippen molar-refractivity contribution in [3.8, 4) is 0 Å². The average Bonchev–Trinajstić information content (AvgIpc) is 2.70. The summed E-state index contributed by atoms with van der Waals surface area (Å²) in [4.78, 5) is 14.1. The molecular weight excluding hydrogens is 280 g/mol. The van der Waals surface area contributed by atoms with Crippen molar-refractivity contribution in [2.24, 2.45) is 7.05 Å². The summed E-state index contributed by atoms with van der Waals surface area (Å²) in [6.45, 7) is 13.7. The van der Waals surface area contributed by atoms with E-state index >= 15 is 0 Å². The van der Waals surface area contributed by atoms with Crippen LogP contribution in [0.15, 0.2) is 12.4 Å². The molecule has 6 nitrogen and oxygen atoms in total. The lowest BCUT2D eigenvalue weighted by molar-refractivity contribution is 0.00663. The number of amides is 1. The molecule has 1 aromatic rings. The van der Waals surface area contributed by atoms with Gasteiger partial charge in [-0.25, -0.2) is 4.79 Å². The Kier molecular flexibility index (Phi) is 6.00. The zero-order valence-electron chi connectivity index (χ0n) is 14.9. The van der Waals surface area contributed by atoms with Crippen molar-refractivity contribution in [3.63, 3.8) is 0 Å².